The van der Waals surface area contributed by atoms with Gasteiger partial charge in [-0.3, -0.25) is 4.90 Å². The fraction of sp³-hybridized carbons (Fsp3) is 0.647. The molecule has 0 aliphatic heterocycles. The summed E-state index contributed by atoms with van der Waals surface area (Å²) >= 11 is 0. The number of ether oxygens (including phenoxy) is 1. The van der Waals surface area contributed by atoms with Gasteiger partial charge in [0.05, 0.1) is 7.11 Å². The first-order valence-electron chi connectivity index (χ1n) is 7.95. The summed E-state index contributed by atoms with van der Waals surface area (Å²) < 4.78 is 5.29. The molecule has 0 heterocycles. The molecule has 1 aliphatic carbocycles. The van der Waals surface area contributed by atoms with E-state index in [1.807, 2.05) is 6.07 Å². The van der Waals surface area contributed by atoms with Crippen molar-refractivity contribution in [2.24, 2.45) is 11.7 Å². The lowest BCUT2D eigenvalue weighted by molar-refractivity contribution is 0.121. The Morgan fingerprint density at radius 1 is 1.43 bits per heavy atom. The summed E-state index contributed by atoms with van der Waals surface area (Å²) in [4.78, 5) is 2.47. The van der Waals surface area contributed by atoms with Crippen molar-refractivity contribution in [2.75, 3.05) is 20.2 Å². The van der Waals surface area contributed by atoms with Crippen LogP contribution in [0.2, 0.25) is 0 Å². The van der Waals surface area contributed by atoms with Crippen molar-refractivity contribution in [3.63, 3.8) is 0 Å². The van der Waals surface area contributed by atoms with Gasteiger partial charge in [-0.05, 0) is 57.0 Å². The van der Waals surface area contributed by atoms with Crippen LogP contribution in [-0.4, -0.2) is 36.2 Å². The highest BCUT2D eigenvalue weighted by Crippen LogP contribution is 2.37. The van der Waals surface area contributed by atoms with E-state index in [0.29, 0.717) is 17.7 Å². The van der Waals surface area contributed by atoms with Gasteiger partial charge in [0, 0.05) is 17.6 Å². The zero-order valence-electron chi connectivity index (χ0n) is 13.4. The van der Waals surface area contributed by atoms with Gasteiger partial charge in [-0.15, -0.1) is 0 Å². The molecule has 1 fully saturated rings. The summed E-state index contributed by atoms with van der Waals surface area (Å²) in [7, 11) is 1.65. The van der Waals surface area contributed by atoms with Crippen LogP contribution in [0, 0.1) is 5.92 Å². The van der Waals surface area contributed by atoms with Gasteiger partial charge in [0.15, 0.2) is 0 Å². The number of rotatable bonds is 6. The Kier molecular flexibility index (Phi) is 5.48. The number of benzene rings is 1. The van der Waals surface area contributed by atoms with Gasteiger partial charge >= 0.3 is 0 Å². The van der Waals surface area contributed by atoms with E-state index < -0.39 is 0 Å². The molecule has 0 amide bonds. The zero-order chi connectivity index (χ0) is 15.4. The largest absolute Gasteiger partial charge is 0.508 e. The Labute approximate surface area is 127 Å². The molecule has 21 heavy (non-hydrogen) atoms. The predicted molar refractivity (Wildman–Crippen MR) is 85.6 cm³/mol. The molecule has 3 atom stereocenters. The molecule has 0 radical (unpaired) electrons. The highest BCUT2D eigenvalue weighted by molar-refractivity contribution is 5.41. The number of methoxy groups -OCH3 is 1. The van der Waals surface area contributed by atoms with E-state index in [2.05, 4.69) is 18.7 Å². The van der Waals surface area contributed by atoms with Gasteiger partial charge in [-0.1, -0.05) is 13.3 Å². The molecule has 2 rings (SSSR count). The number of phenolic OH excluding ortho intramolecular Hbond substituents is 1. The van der Waals surface area contributed by atoms with Crippen molar-refractivity contribution in [3.8, 4) is 11.5 Å². The molecule has 3 unspecified atom stereocenters. The van der Waals surface area contributed by atoms with E-state index in [-0.39, 0.29) is 6.04 Å². The van der Waals surface area contributed by atoms with Crippen LogP contribution in [0.25, 0.3) is 0 Å². The Morgan fingerprint density at radius 3 is 2.81 bits per heavy atom. The summed E-state index contributed by atoms with van der Waals surface area (Å²) in [6.07, 6.45) is 3.67. The first-order valence-corrected chi connectivity index (χ1v) is 7.95. The van der Waals surface area contributed by atoms with E-state index in [0.717, 1.165) is 24.4 Å². The lowest BCUT2D eigenvalue weighted by Gasteiger charge is -2.37. The van der Waals surface area contributed by atoms with Gasteiger partial charge in [0.1, 0.15) is 11.5 Å². The van der Waals surface area contributed by atoms with E-state index >= 15 is 0 Å². The third-order valence-corrected chi connectivity index (χ3v) is 4.90. The predicted octanol–water partition coefficient (Wildman–Crippen LogP) is 2.91. The van der Waals surface area contributed by atoms with E-state index in [9.17, 15) is 5.11 Å². The van der Waals surface area contributed by atoms with Crippen LogP contribution in [0.3, 0.4) is 0 Å². The van der Waals surface area contributed by atoms with E-state index in [4.69, 9.17) is 10.5 Å². The second-order valence-corrected chi connectivity index (χ2v) is 5.93. The van der Waals surface area contributed by atoms with E-state index in [1.165, 1.54) is 19.3 Å². The van der Waals surface area contributed by atoms with Gasteiger partial charge in [0.25, 0.3) is 0 Å². The monoisotopic (exact) mass is 292 g/mol. The minimum atomic E-state index is 0.155. The second kappa shape index (κ2) is 7.14. The minimum Gasteiger partial charge on any atom is -0.508 e. The molecule has 3 N–H and O–H groups in total. The molecular formula is C17H28N2O2. The lowest BCUT2D eigenvalue weighted by Crippen LogP contribution is -2.41. The third kappa shape index (κ3) is 3.33. The number of hydrogen-bond acceptors (Lipinski definition) is 4. The molecule has 0 saturated heterocycles. The Bertz CT molecular complexity index is 464. The summed E-state index contributed by atoms with van der Waals surface area (Å²) in [6, 6.07) is 6.12. The first-order chi connectivity index (χ1) is 10.1. The summed E-state index contributed by atoms with van der Waals surface area (Å²) in [5, 5.41) is 10.2. The average molecular weight is 292 g/mol. The Morgan fingerprint density at radius 2 is 2.19 bits per heavy atom. The smallest absolute Gasteiger partial charge is 0.120 e. The molecule has 4 heteroatoms. The maximum Gasteiger partial charge on any atom is 0.120 e. The summed E-state index contributed by atoms with van der Waals surface area (Å²) in [5.41, 5.74) is 6.86. The van der Waals surface area contributed by atoms with Crippen molar-refractivity contribution in [1.29, 1.82) is 0 Å². The molecule has 1 aromatic rings. The van der Waals surface area contributed by atoms with Crippen LogP contribution >= 0.6 is 0 Å². The molecule has 1 aliphatic rings. The maximum absolute atomic E-state index is 10.2. The van der Waals surface area contributed by atoms with Gasteiger partial charge in [-0.25, -0.2) is 0 Å². The fourth-order valence-corrected chi connectivity index (χ4v) is 3.70. The number of nitrogens with two attached hydrogens (primary N) is 1. The molecule has 1 aromatic carbocycles. The van der Waals surface area contributed by atoms with Crippen LogP contribution < -0.4 is 10.5 Å². The maximum atomic E-state index is 10.2. The fourth-order valence-electron chi connectivity index (χ4n) is 3.70. The van der Waals surface area contributed by atoms with Crippen molar-refractivity contribution >= 4 is 0 Å². The quantitative estimate of drug-likeness (QED) is 0.846. The molecule has 118 valence electrons. The Balaban J connectivity index is 2.25. The average Bonchev–Trinajstić information content (AvgIpc) is 2.96. The van der Waals surface area contributed by atoms with Crippen molar-refractivity contribution in [3.05, 3.63) is 23.8 Å². The zero-order valence-corrected chi connectivity index (χ0v) is 13.4. The first kappa shape index (κ1) is 16.1. The molecule has 0 aromatic heterocycles. The second-order valence-electron chi connectivity index (χ2n) is 5.93. The molecule has 0 spiro atoms. The standard InChI is InChI=1S/C17H28N2O2/c1-4-19(16-7-5-6-13(16)11-18)12(2)15-10-14(21-3)8-9-17(15)20/h8-10,12-13,16,20H,4-7,11,18H2,1-3H3. The van der Waals surface area contributed by atoms with Crippen molar-refractivity contribution in [2.45, 2.75) is 45.2 Å². The van der Waals surface area contributed by atoms with Gasteiger partial charge in [0.2, 0.25) is 0 Å². The van der Waals surface area contributed by atoms with Gasteiger partial charge < -0.3 is 15.6 Å². The summed E-state index contributed by atoms with van der Waals surface area (Å²) in [6.45, 7) is 6.04. The van der Waals surface area contributed by atoms with Crippen LogP contribution in [0.1, 0.15) is 44.7 Å². The molecule has 4 nitrogen and oxygen atoms in total. The number of phenols is 1. The van der Waals surface area contributed by atoms with Crippen molar-refractivity contribution < 1.29 is 9.84 Å². The van der Waals surface area contributed by atoms with Crippen LogP contribution in [0.5, 0.6) is 11.5 Å². The molecular weight excluding hydrogens is 264 g/mol. The number of nitrogens with zero attached hydrogens (tertiary/aromatic N) is 1. The Hall–Kier alpha value is -1.26. The minimum absolute atomic E-state index is 0.155. The molecule has 0 bridgehead atoms. The highest BCUT2D eigenvalue weighted by atomic mass is 16.5. The number of hydrogen-bond donors (Lipinski definition) is 2. The van der Waals surface area contributed by atoms with Crippen LogP contribution in [-0.2, 0) is 0 Å². The third-order valence-electron chi connectivity index (χ3n) is 4.90. The normalized spacial score (nSPS) is 23.5. The summed E-state index contributed by atoms with van der Waals surface area (Å²) in [5.74, 6) is 1.69. The number of aromatic hydroxyl groups is 1. The van der Waals surface area contributed by atoms with Crippen LogP contribution in [0.15, 0.2) is 18.2 Å². The van der Waals surface area contributed by atoms with E-state index in [1.54, 1.807) is 19.2 Å². The van der Waals surface area contributed by atoms with Gasteiger partial charge in [-0.2, -0.15) is 0 Å². The van der Waals surface area contributed by atoms with Crippen molar-refractivity contribution in [1.82, 2.24) is 4.90 Å². The topological polar surface area (TPSA) is 58.7 Å². The lowest BCUT2D eigenvalue weighted by atomic mass is 9.97. The molecule has 1 saturated carbocycles. The SMILES string of the molecule is CCN(C(C)c1cc(OC)ccc1O)C1CCCC1CN. The van der Waals surface area contributed by atoms with Crippen LogP contribution in [0.4, 0.5) is 0 Å². The highest BCUT2D eigenvalue weighted by Gasteiger charge is 2.33.